The molecule has 1 heterocycles. The minimum atomic E-state index is -1.07. The summed E-state index contributed by atoms with van der Waals surface area (Å²) in [6.45, 7) is 5.98. The number of aromatic nitrogens is 1. The van der Waals surface area contributed by atoms with E-state index < -0.39 is 5.97 Å². The van der Waals surface area contributed by atoms with Crippen LogP contribution in [0.25, 0.3) is 0 Å². The van der Waals surface area contributed by atoms with E-state index in [9.17, 15) is 9.32 Å². The molecule has 1 rings (SSSR count). The van der Waals surface area contributed by atoms with Crippen LogP contribution >= 0.6 is 0 Å². The number of nitrogens with zero attached hydrogens (tertiary/aromatic N) is 2. The number of carbonyl (C=O) groups excluding carboxylic acids is 1. The van der Waals surface area contributed by atoms with Crippen LogP contribution in [0.3, 0.4) is 0 Å². The highest BCUT2D eigenvalue weighted by Crippen LogP contribution is 2.18. The van der Waals surface area contributed by atoms with Crippen molar-refractivity contribution in [1.29, 1.82) is 0 Å². The molecule has 1 aromatic rings. The first kappa shape index (κ1) is 17.6. The second kappa shape index (κ2) is 8.74. The summed E-state index contributed by atoms with van der Waals surface area (Å²) in [5, 5.41) is 0. The van der Waals surface area contributed by atoms with E-state index in [0.29, 0.717) is 12.4 Å². The highest BCUT2D eigenvalue weighted by atomic mass is 19.3. The first-order chi connectivity index (χ1) is 10.5. The van der Waals surface area contributed by atoms with Crippen molar-refractivity contribution in [3.8, 4) is 5.88 Å². The summed E-state index contributed by atoms with van der Waals surface area (Å²) in [6, 6.07) is 3.72. The monoisotopic (exact) mass is 306 g/mol. The average molecular weight is 306 g/mol. The van der Waals surface area contributed by atoms with Crippen LogP contribution in [0, 0.1) is 0 Å². The van der Waals surface area contributed by atoms with Gasteiger partial charge in [0.25, 0.3) is 0 Å². The van der Waals surface area contributed by atoms with Gasteiger partial charge in [-0.05, 0) is 39.2 Å². The molecule has 0 saturated carbocycles. The lowest BCUT2D eigenvalue weighted by atomic mass is 10.2. The minimum Gasteiger partial charge on any atom is -0.439 e. The Morgan fingerprint density at radius 1 is 1.45 bits per heavy atom. The molecule has 0 aliphatic rings. The van der Waals surface area contributed by atoms with Crippen molar-refractivity contribution in [3.05, 3.63) is 60.0 Å². The molecule has 0 aliphatic carbocycles. The predicted octanol–water partition coefficient (Wildman–Crippen LogP) is 2.97. The smallest absolute Gasteiger partial charge is 0.379 e. The van der Waals surface area contributed by atoms with Crippen LogP contribution in [0.5, 0.6) is 5.88 Å². The molecule has 0 aliphatic heterocycles. The summed E-state index contributed by atoms with van der Waals surface area (Å²) < 4.78 is 17.4. The first-order valence-corrected chi connectivity index (χ1v) is 6.60. The van der Waals surface area contributed by atoms with E-state index in [-0.39, 0.29) is 11.3 Å². The maximum Gasteiger partial charge on any atom is 0.379 e. The third-order valence-corrected chi connectivity index (χ3v) is 2.63. The van der Waals surface area contributed by atoms with Crippen molar-refractivity contribution >= 4 is 5.97 Å². The van der Waals surface area contributed by atoms with Crippen LogP contribution < -0.4 is 4.74 Å². The van der Waals surface area contributed by atoms with Gasteiger partial charge >= 0.3 is 5.97 Å². The standard InChI is InChI=1S/C16H19FN2O3/c1-5-13(16(20)22-17)9-8-12(2)21-15-14(11-19(3)4)7-6-10-18-15/h5-10H,2,11H2,1,3-4H3/b9-8-,13-5+. The molecule has 118 valence electrons. The molecular weight excluding hydrogens is 287 g/mol. The fourth-order valence-corrected chi connectivity index (χ4v) is 1.64. The third kappa shape index (κ3) is 5.49. The lowest BCUT2D eigenvalue weighted by molar-refractivity contribution is -0.177. The van der Waals surface area contributed by atoms with Gasteiger partial charge < -0.3 is 9.64 Å². The zero-order chi connectivity index (χ0) is 16.5. The zero-order valence-corrected chi connectivity index (χ0v) is 12.9. The molecule has 1 aromatic heterocycles. The van der Waals surface area contributed by atoms with Crippen LogP contribution in [-0.2, 0) is 16.3 Å². The number of pyridine rings is 1. The average Bonchev–Trinajstić information content (AvgIpc) is 2.49. The predicted molar refractivity (Wildman–Crippen MR) is 81.5 cm³/mol. The summed E-state index contributed by atoms with van der Waals surface area (Å²) in [4.78, 5) is 20.4. The quantitative estimate of drug-likeness (QED) is 0.440. The number of hydrogen-bond donors (Lipinski definition) is 0. The van der Waals surface area contributed by atoms with E-state index in [1.54, 1.807) is 13.1 Å². The molecule has 0 N–H and O–H groups in total. The van der Waals surface area contributed by atoms with E-state index in [0.717, 1.165) is 5.56 Å². The molecule has 0 bridgehead atoms. The molecule has 0 atom stereocenters. The number of ether oxygens (including phenoxy) is 1. The normalized spacial score (nSPS) is 11.8. The van der Waals surface area contributed by atoms with E-state index in [4.69, 9.17) is 4.74 Å². The van der Waals surface area contributed by atoms with Crippen molar-refractivity contribution < 1.29 is 19.0 Å². The van der Waals surface area contributed by atoms with Crippen LogP contribution in [0.4, 0.5) is 4.53 Å². The Hall–Kier alpha value is -2.47. The molecular formula is C16H19FN2O3. The van der Waals surface area contributed by atoms with Crippen LogP contribution in [0.2, 0.25) is 0 Å². The van der Waals surface area contributed by atoms with Crippen LogP contribution in [0.1, 0.15) is 12.5 Å². The maximum absolute atomic E-state index is 11.9. The molecule has 0 saturated heterocycles. The number of rotatable bonds is 7. The van der Waals surface area contributed by atoms with Crippen molar-refractivity contribution in [1.82, 2.24) is 9.88 Å². The van der Waals surface area contributed by atoms with E-state index in [1.165, 1.54) is 18.2 Å². The van der Waals surface area contributed by atoms with Gasteiger partial charge in [-0.15, -0.1) is 0 Å². The van der Waals surface area contributed by atoms with Crippen molar-refractivity contribution in [2.45, 2.75) is 13.5 Å². The number of carbonyl (C=O) groups is 1. The molecule has 0 fully saturated rings. The van der Waals surface area contributed by atoms with Crippen LogP contribution in [-0.4, -0.2) is 29.9 Å². The van der Waals surface area contributed by atoms with Crippen molar-refractivity contribution in [2.24, 2.45) is 0 Å². The molecule has 0 amide bonds. The zero-order valence-electron chi connectivity index (χ0n) is 12.9. The summed E-state index contributed by atoms with van der Waals surface area (Å²) >= 11 is 0. The Labute approximate surface area is 129 Å². The summed E-state index contributed by atoms with van der Waals surface area (Å²) in [7, 11) is 3.87. The van der Waals surface area contributed by atoms with Crippen molar-refractivity contribution in [3.63, 3.8) is 0 Å². The van der Waals surface area contributed by atoms with Gasteiger partial charge in [-0.2, -0.15) is 0 Å². The second-order valence-corrected chi connectivity index (χ2v) is 4.72. The lowest BCUT2D eigenvalue weighted by Gasteiger charge is -2.13. The molecule has 0 unspecified atom stereocenters. The van der Waals surface area contributed by atoms with Gasteiger partial charge in [0.2, 0.25) is 5.88 Å². The van der Waals surface area contributed by atoms with E-state index in [1.807, 2.05) is 31.1 Å². The number of allylic oxidation sites excluding steroid dienone is 2. The largest absolute Gasteiger partial charge is 0.439 e. The van der Waals surface area contributed by atoms with Gasteiger partial charge in [-0.25, -0.2) is 14.7 Å². The Bertz CT molecular complexity index is 595. The topological polar surface area (TPSA) is 51.7 Å². The summed E-state index contributed by atoms with van der Waals surface area (Å²) in [6.07, 6.45) is 5.84. The molecule has 5 nitrogen and oxygen atoms in total. The second-order valence-electron chi connectivity index (χ2n) is 4.72. The fraction of sp³-hybridized carbons (Fsp3) is 0.250. The van der Waals surface area contributed by atoms with Gasteiger partial charge in [0.05, 0.1) is 5.57 Å². The van der Waals surface area contributed by atoms with Crippen molar-refractivity contribution in [2.75, 3.05) is 14.1 Å². The van der Waals surface area contributed by atoms with Crippen LogP contribution in [0.15, 0.2) is 54.5 Å². The van der Waals surface area contributed by atoms with Gasteiger partial charge in [0, 0.05) is 22.8 Å². The summed E-state index contributed by atoms with van der Waals surface area (Å²) in [5.74, 6) is -0.372. The SMILES string of the molecule is C=C(/C=C\C(=C/C)C(=O)OF)Oc1ncccc1CN(C)C. The highest BCUT2D eigenvalue weighted by Gasteiger charge is 2.09. The van der Waals surface area contributed by atoms with Gasteiger partial charge in [-0.3, -0.25) is 0 Å². The number of halogens is 1. The molecule has 0 spiro atoms. The van der Waals surface area contributed by atoms with E-state index in [2.05, 4.69) is 16.5 Å². The van der Waals surface area contributed by atoms with Gasteiger partial charge in [0.15, 0.2) is 0 Å². The molecule has 22 heavy (non-hydrogen) atoms. The van der Waals surface area contributed by atoms with Gasteiger partial charge in [0.1, 0.15) is 5.76 Å². The van der Waals surface area contributed by atoms with E-state index >= 15 is 0 Å². The molecule has 6 heteroatoms. The molecule has 0 radical (unpaired) electrons. The third-order valence-electron chi connectivity index (χ3n) is 2.63. The highest BCUT2D eigenvalue weighted by molar-refractivity contribution is 5.91. The summed E-state index contributed by atoms with van der Waals surface area (Å²) in [5.41, 5.74) is 0.957. The Morgan fingerprint density at radius 3 is 2.77 bits per heavy atom. The Kier molecular flexibility index (Phi) is 6.98. The maximum atomic E-state index is 11.9. The first-order valence-electron chi connectivity index (χ1n) is 6.60. The Morgan fingerprint density at radius 2 is 2.18 bits per heavy atom. The van der Waals surface area contributed by atoms with Gasteiger partial charge in [-0.1, -0.05) is 18.7 Å². The lowest BCUT2D eigenvalue weighted by Crippen LogP contribution is -2.12. The molecule has 0 aromatic carbocycles. The minimum absolute atomic E-state index is 0.0572. The fourth-order valence-electron chi connectivity index (χ4n) is 1.64. The number of hydrogen-bond acceptors (Lipinski definition) is 5. The Balaban J connectivity index is 2.79.